The van der Waals surface area contributed by atoms with Gasteiger partial charge in [0.2, 0.25) is 0 Å². The highest BCUT2D eigenvalue weighted by Crippen LogP contribution is 2.36. The molecule has 2 heterocycles. The SMILES string of the molecule is CC(C)(C)OC(=O)N1CCN2c3cc(O)ccc3CC2C1. The van der Waals surface area contributed by atoms with Gasteiger partial charge in [-0.15, -0.1) is 0 Å². The molecule has 3 rings (SSSR count). The van der Waals surface area contributed by atoms with E-state index in [0.29, 0.717) is 18.8 Å². The summed E-state index contributed by atoms with van der Waals surface area (Å²) in [5, 5.41) is 9.64. The van der Waals surface area contributed by atoms with Gasteiger partial charge in [-0.05, 0) is 38.8 Å². The number of hydrogen-bond donors (Lipinski definition) is 1. The molecule has 1 aromatic carbocycles. The summed E-state index contributed by atoms with van der Waals surface area (Å²) in [7, 11) is 0. The van der Waals surface area contributed by atoms with Crippen LogP contribution in [0.25, 0.3) is 0 Å². The van der Waals surface area contributed by atoms with Crippen molar-refractivity contribution in [3.8, 4) is 5.75 Å². The Bertz CT molecular complexity index is 565. The lowest BCUT2D eigenvalue weighted by atomic mass is 10.1. The van der Waals surface area contributed by atoms with Crippen LogP contribution in [0, 0.1) is 0 Å². The van der Waals surface area contributed by atoms with Crippen LogP contribution in [0.2, 0.25) is 0 Å². The molecule has 0 aromatic heterocycles. The zero-order valence-electron chi connectivity index (χ0n) is 12.8. The standard InChI is InChI=1S/C16H22N2O3/c1-16(2,3)21-15(20)17-6-7-18-12(10-17)8-11-4-5-13(19)9-14(11)18/h4-5,9,12,19H,6-8,10H2,1-3H3. The van der Waals surface area contributed by atoms with E-state index in [1.165, 1.54) is 5.56 Å². The number of nitrogens with zero attached hydrogens (tertiary/aromatic N) is 2. The first-order chi connectivity index (χ1) is 9.83. The first-order valence-electron chi connectivity index (χ1n) is 7.40. The average Bonchev–Trinajstić information content (AvgIpc) is 2.73. The molecule has 0 bridgehead atoms. The van der Waals surface area contributed by atoms with E-state index in [9.17, 15) is 9.90 Å². The van der Waals surface area contributed by atoms with Gasteiger partial charge in [0.05, 0.1) is 6.04 Å². The number of hydrogen-bond acceptors (Lipinski definition) is 4. The second kappa shape index (κ2) is 4.83. The van der Waals surface area contributed by atoms with Crippen LogP contribution in [0.5, 0.6) is 5.75 Å². The van der Waals surface area contributed by atoms with Crippen molar-refractivity contribution in [3.63, 3.8) is 0 Å². The van der Waals surface area contributed by atoms with Gasteiger partial charge in [0, 0.05) is 31.4 Å². The number of phenols is 1. The highest BCUT2D eigenvalue weighted by molar-refractivity contribution is 5.70. The van der Waals surface area contributed by atoms with Gasteiger partial charge in [-0.3, -0.25) is 0 Å². The van der Waals surface area contributed by atoms with Crippen molar-refractivity contribution >= 4 is 11.8 Å². The maximum Gasteiger partial charge on any atom is 0.410 e. The lowest BCUT2D eigenvalue weighted by Gasteiger charge is -2.39. The number of fused-ring (bicyclic) bond motifs is 3. The Kier molecular flexibility index (Phi) is 3.23. The molecule has 2 aliphatic heterocycles. The second-order valence-electron chi connectivity index (χ2n) is 6.79. The molecular weight excluding hydrogens is 268 g/mol. The maximum atomic E-state index is 12.2. The van der Waals surface area contributed by atoms with E-state index in [2.05, 4.69) is 4.90 Å². The highest BCUT2D eigenvalue weighted by Gasteiger charge is 2.36. The van der Waals surface area contributed by atoms with Crippen LogP contribution in [0.3, 0.4) is 0 Å². The molecule has 1 amide bonds. The van der Waals surface area contributed by atoms with Crippen LogP contribution in [0.4, 0.5) is 10.5 Å². The number of aromatic hydroxyl groups is 1. The van der Waals surface area contributed by atoms with Crippen LogP contribution in [-0.4, -0.2) is 47.4 Å². The summed E-state index contributed by atoms with van der Waals surface area (Å²) < 4.78 is 5.45. The van der Waals surface area contributed by atoms with Gasteiger partial charge in [-0.2, -0.15) is 0 Å². The molecule has 5 nitrogen and oxygen atoms in total. The van der Waals surface area contributed by atoms with Gasteiger partial charge < -0.3 is 19.6 Å². The molecule has 5 heteroatoms. The fraction of sp³-hybridized carbons (Fsp3) is 0.562. The zero-order valence-corrected chi connectivity index (χ0v) is 12.8. The maximum absolute atomic E-state index is 12.2. The molecule has 1 atom stereocenters. The van der Waals surface area contributed by atoms with Gasteiger partial charge in [-0.1, -0.05) is 6.07 Å². The molecule has 0 radical (unpaired) electrons. The third-order valence-corrected chi connectivity index (χ3v) is 3.97. The largest absolute Gasteiger partial charge is 0.508 e. The molecule has 1 fully saturated rings. The van der Waals surface area contributed by atoms with Gasteiger partial charge >= 0.3 is 6.09 Å². The third kappa shape index (κ3) is 2.77. The number of rotatable bonds is 0. The van der Waals surface area contributed by atoms with Crippen LogP contribution < -0.4 is 4.90 Å². The van der Waals surface area contributed by atoms with Crippen molar-refractivity contribution in [2.45, 2.75) is 38.8 Å². The molecule has 0 aliphatic carbocycles. The minimum Gasteiger partial charge on any atom is -0.508 e. The Balaban J connectivity index is 1.71. The molecular formula is C16H22N2O3. The van der Waals surface area contributed by atoms with Crippen LogP contribution in [-0.2, 0) is 11.2 Å². The number of carbonyl (C=O) groups excluding carboxylic acids is 1. The second-order valence-corrected chi connectivity index (χ2v) is 6.79. The van der Waals surface area contributed by atoms with Crippen LogP contribution in [0.1, 0.15) is 26.3 Å². The molecule has 0 saturated carbocycles. The predicted molar refractivity (Wildman–Crippen MR) is 80.8 cm³/mol. The molecule has 1 unspecified atom stereocenters. The van der Waals surface area contributed by atoms with Crippen molar-refractivity contribution in [1.29, 1.82) is 0 Å². The first kappa shape index (κ1) is 14.0. The number of anilines is 1. The lowest BCUT2D eigenvalue weighted by molar-refractivity contribution is 0.0217. The number of carbonyl (C=O) groups is 1. The molecule has 21 heavy (non-hydrogen) atoms. The predicted octanol–water partition coefficient (Wildman–Crippen LogP) is 2.37. The van der Waals surface area contributed by atoms with Crippen molar-refractivity contribution in [3.05, 3.63) is 23.8 Å². The van der Waals surface area contributed by atoms with Crippen LogP contribution >= 0.6 is 0 Å². The summed E-state index contributed by atoms with van der Waals surface area (Å²) in [4.78, 5) is 16.3. The summed E-state index contributed by atoms with van der Waals surface area (Å²) in [5.74, 6) is 0.295. The van der Waals surface area contributed by atoms with Gasteiger partial charge in [0.1, 0.15) is 11.4 Å². The van der Waals surface area contributed by atoms with E-state index >= 15 is 0 Å². The van der Waals surface area contributed by atoms with Gasteiger partial charge in [0.15, 0.2) is 0 Å². The van der Waals surface area contributed by atoms with E-state index in [4.69, 9.17) is 4.74 Å². The zero-order chi connectivity index (χ0) is 15.2. The van der Waals surface area contributed by atoms with Gasteiger partial charge in [0.25, 0.3) is 0 Å². The summed E-state index contributed by atoms with van der Waals surface area (Å²) in [6, 6.07) is 5.80. The molecule has 1 N–H and O–H groups in total. The topological polar surface area (TPSA) is 53.0 Å². The minimum absolute atomic E-state index is 0.235. The van der Waals surface area contributed by atoms with Crippen LogP contribution in [0.15, 0.2) is 18.2 Å². The highest BCUT2D eigenvalue weighted by atomic mass is 16.6. The Labute approximate surface area is 125 Å². The van der Waals surface area contributed by atoms with E-state index in [1.807, 2.05) is 32.9 Å². The monoisotopic (exact) mass is 290 g/mol. The van der Waals surface area contributed by atoms with E-state index in [1.54, 1.807) is 11.0 Å². The number of piperazine rings is 1. The first-order valence-corrected chi connectivity index (χ1v) is 7.40. The third-order valence-electron chi connectivity index (χ3n) is 3.97. The normalized spacial score (nSPS) is 21.0. The number of amides is 1. The molecule has 1 aromatic rings. The van der Waals surface area contributed by atoms with Crippen molar-refractivity contribution < 1.29 is 14.6 Å². The molecule has 2 aliphatic rings. The smallest absolute Gasteiger partial charge is 0.410 e. The fourth-order valence-corrected chi connectivity index (χ4v) is 3.09. The van der Waals surface area contributed by atoms with E-state index < -0.39 is 5.60 Å². The number of phenolic OH excluding ortho intramolecular Hbond substituents is 1. The Morgan fingerprint density at radius 3 is 2.81 bits per heavy atom. The van der Waals surface area contributed by atoms with Gasteiger partial charge in [-0.25, -0.2) is 4.79 Å². The molecule has 0 spiro atoms. The Morgan fingerprint density at radius 1 is 1.33 bits per heavy atom. The van der Waals surface area contributed by atoms with E-state index in [-0.39, 0.29) is 12.1 Å². The average molecular weight is 290 g/mol. The quantitative estimate of drug-likeness (QED) is 0.797. The fourth-order valence-electron chi connectivity index (χ4n) is 3.09. The van der Waals surface area contributed by atoms with Crippen molar-refractivity contribution in [1.82, 2.24) is 4.90 Å². The molecule has 114 valence electrons. The van der Waals surface area contributed by atoms with Crippen molar-refractivity contribution in [2.24, 2.45) is 0 Å². The minimum atomic E-state index is -0.460. The summed E-state index contributed by atoms with van der Waals surface area (Å²) in [6.07, 6.45) is 0.676. The molecule has 1 saturated heterocycles. The Morgan fingerprint density at radius 2 is 2.10 bits per heavy atom. The Hall–Kier alpha value is -1.91. The summed E-state index contributed by atoms with van der Waals surface area (Å²) in [6.45, 7) is 7.76. The number of ether oxygens (including phenoxy) is 1. The summed E-state index contributed by atoms with van der Waals surface area (Å²) >= 11 is 0. The van der Waals surface area contributed by atoms with Crippen molar-refractivity contribution in [2.75, 3.05) is 24.5 Å². The lowest BCUT2D eigenvalue weighted by Crippen LogP contribution is -2.54. The van der Waals surface area contributed by atoms with E-state index in [0.717, 1.165) is 18.7 Å². The summed E-state index contributed by atoms with van der Waals surface area (Å²) in [5.41, 5.74) is 1.88. The number of benzene rings is 1.